The van der Waals surface area contributed by atoms with Gasteiger partial charge in [0.25, 0.3) is 0 Å². The summed E-state index contributed by atoms with van der Waals surface area (Å²) in [5.41, 5.74) is 7.32. The van der Waals surface area contributed by atoms with Crippen LogP contribution < -0.4 is 10.5 Å². The summed E-state index contributed by atoms with van der Waals surface area (Å²) >= 11 is 1.95. The Morgan fingerprint density at radius 3 is 2.38 bits per heavy atom. The summed E-state index contributed by atoms with van der Waals surface area (Å²) in [6, 6.07) is 7.39. The summed E-state index contributed by atoms with van der Waals surface area (Å²) in [4.78, 5) is 2.30. The van der Waals surface area contributed by atoms with Gasteiger partial charge < -0.3 is 10.6 Å². The summed E-state index contributed by atoms with van der Waals surface area (Å²) in [7, 11) is -3.27. The van der Waals surface area contributed by atoms with Crippen LogP contribution in [0.5, 0.6) is 0 Å². The lowest BCUT2D eigenvalue weighted by Crippen LogP contribution is -2.39. The Morgan fingerprint density at radius 1 is 1.14 bits per heavy atom. The molecule has 1 aromatic carbocycles. The van der Waals surface area contributed by atoms with Crippen LogP contribution in [0.1, 0.15) is 11.1 Å². The average Bonchev–Trinajstić information content (AvgIpc) is 2.48. The fourth-order valence-corrected chi connectivity index (χ4v) is 4.34. The van der Waals surface area contributed by atoms with E-state index in [4.69, 9.17) is 5.73 Å². The molecule has 1 saturated heterocycles. The number of nitrogens with one attached hydrogen (secondary N) is 1. The molecule has 1 aromatic rings. The van der Waals surface area contributed by atoms with Crippen LogP contribution in [0.3, 0.4) is 0 Å². The number of thioether (sulfide) groups is 1. The highest BCUT2D eigenvalue weighted by molar-refractivity contribution is 7.99. The Bertz CT molecular complexity index is 526. The highest BCUT2D eigenvalue weighted by Gasteiger charge is 2.13. The van der Waals surface area contributed by atoms with E-state index in [0.717, 1.165) is 42.3 Å². The first-order chi connectivity index (χ1) is 10.1. The molecule has 0 radical (unpaired) electrons. The van der Waals surface area contributed by atoms with Crippen molar-refractivity contribution in [3.63, 3.8) is 0 Å². The van der Waals surface area contributed by atoms with E-state index in [1.807, 2.05) is 36.0 Å². The minimum atomic E-state index is -3.27. The lowest BCUT2D eigenvalue weighted by molar-refractivity contribution is 0.307. The lowest BCUT2D eigenvalue weighted by atomic mass is 10.1. The Balaban J connectivity index is 1.77. The van der Waals surface area contributed by atoms with Gasteiger partial charge in [-0.2, -0.15) is 11.8 Å². The third kappa shape index (κ3) is 5.96. The minimum absolute atomic E-state index is 0.0215. The zero-order chi connectivity index (χ0) is 15.1. The molecule has 118 valence electrons. The van der Waals surface area contributed by atoms with Crippen LogP contribution in [0.15, 0.2) is 24.3 Å². The molecule has 0 unspecified atom stereocenters. The first-order valence-corrected chi connectivity index (χ1v) is 9.95. The first-order valence-electron chi connectivity index (χ1n) is 7.14. The van der Waals surface area contributed by atoms with Gasteiger partial charge in [-0.1, -0.05) is 24.3 Å². The number of nitrogens with zero attached hydrogens (tertiary/aromatic N) is 1. The van der Waals surface area contributed by atoms with Crippen molar-refractivity contribution >= 4 is 21.8 Å². The van der Waals surface area contributed by atoms with E-state index in [0.29, 0.717) is 13.1 Å². The topological polar surface area (TPSA) is 75.4 Å². The first kappa shape index (κ1) is 16.8. The van der Waals surface area contributed by atoms with Gasteiger partial charge >= 0.3 is 0 Å². The second-order valence-electron chi connectivity index (χ2n) is 5.13. The third-order valence-electron chi connectivity index (χ3n) is 3.47. The number of hydrogen-bond acceptors (Lipinski definition) is 5. The van der Waals surface area contributed by atoms with Crippen LogP contribution >= 0.6 is 11.8 Å². The molecule has 0 amide bonds. The molecular weight excluding hydrogens is 306 g/mol. The van der Waals surface area contributed by atoms with Crippen molar-refractivity contribution in [1.82, 2.24) is 9.62 Å². The van der Waals surface area contributed by atoms with Gasteiger partial charge in [-0.15, -0.1) is 0 Å². The molecule has 2 rings (SSSR count). The normalized spacial score (nSPS) is 17.0. The summed E-state index contributed by atoms with van der Waals surface area (Å²) in [6.07, 6.45) is 0. The van der Waals surface area contributed by atoms with Gasteiger partial charge in [0.05, 0.1) is 5.75 Å². The van der Waals surface area contributed by atoms with E-state index in [9.17, 15) is 8.42 Å². The van der Waals surface area contributed by atoms with E-state index in [1.54, 1.807) is 0 Å². The summed E-state index contributed by atoms with van der Waals surface area (Å²) in [5, 5.41) is 0. The van der Waals surface area contributed by atoms with Gasteiger partial charge in [0, 0.05) is 44.2 Å². The van der Waals surface area contributed by atoms with Crippen molar-refractivity contribution in [1.29, 1.82) is 0 Å². The maximum Gasteiger partial charge on any atom is 0.215 e. The van der Waals surface area contributed by atoms with Gasteiger partial charge in [-0.3, -0.25) is 0 Å². The van der Waals surface area contributed by atoms with E-state index >= 15 is 0 Å². The van der Waals surface area contributed by atoms with Crippen molar-refractivity contribution in [2.24, 2.45) is 5.73 Å². The Morgan fingerprint density at radius 2 is 1.76 bits per heavy atom. The molecule has 1 aliphatic heterocycles. The second kappa shape index (κ2) is 8.14. The molecule has 0 spiro atoms. The Hall–Kier alpha value is -0.600. The predicted molar refractivity (Wildman–Crippen MR) is 88.7 cm³/mol. The maximum atomic E-state index is 12.0. The fraction of sp³-hybridized carbons (Fsp3) is 0.571. The molecule has 1 heterocycles. The quantitative estimate of drug-likeness (QED) is 0.767. The van der Waals surface area contributed by atoms with E-state index in [-0.39, 0.29) is 5.75 Å². The van der Waals surface area contributed by atoms with E-state index < -0.39 is 10.0 Å². The van der Waals surface area contributed by atoms with Crippen molar-refractivity contribution in [3.8, 4) is 0 Å². The van der Waals surface area contributed by atoms with Crippen LogP contribution in [0.25, 0.3) is 0 Å². The number of hydrogen-bond donors (Lipinski definition) is 2. The minimum Gasteiger partial charge on any atom is -0.326 e. The zero-order valence-corrected chi connectivity index (χ0v) is 13.8. The SMILES string of the molecule is NCc1ccc(CS(=O)(=O)NCCN2CCSCC2)cc1. The molecule has 5 nitrogen and oxygen atoms in total. The van der Waals surface area contributed by atoms with Crippen LogP contribution in [-0.2, 0) is 22.3 Å². The number of rotatable bonds is 7. The van der Waals surface area contributed by atoms with Crippen LogP contribution in [-0.4, -0.2) is 51.0 Å². The molecule has 1 fully saturated rings. The molecule has 0 atom stereocenters. The molecule has 0 saturated carbocycles. The van der Waals surface area contributed by atoms with E-state index in [1.165, 1.54) is 0 Å². The maximum absolute atomic E-state index is 12.0. The Labute approximate surface area is 131 Å². The molecule has 0 bridgehead atoms. The summed E-state index contributed by atoms with van der Waals surface area (Å²) in [6.45, 7) is 3.83. The fourth-order valence-electron chi connectivity index (χ4n) is 2.23. The molecule has 1 aliphatic rings. The van der Waals surface area contributed by atoms with Gasteiger partial charge in [-0.05, 0) is 11.1 Å². The van der Waals surface area contributed by atoms with Crippen LogP contribution in [0, 0.1) is 0 Å². The monoisotopic (exact) mass is 329 g/mol. The molecule has 0 aromatic heterocycles. The highest BCUT2D eigenvalue weighted by atomic mass is 32.2. The van der Waals surface area contributed by atoms with Crippen molar-refractivity contribution < 1.29 is 8.42 Å². The Kier molecular flexibility index (Phi) is 6.50. The van der Waals surface area contributed by atoms with Crippen LogP contribution in [0.2, 0.25) is 0 Å². The molecule has 3 N–H and O–H groups in total. The standard InChI is InChI=1S/C14H23N3O2S2/c15-11-13-1-3-14(4-2-13)12-21(18,19)16-5-6-17-7-9-20-10-8-17/h1-4,16H,5-12,15H2. The van der Waals surface area contributed by atoms with Crippen LogP contribution in [0.4, 0.5) is 0 Å². The van der Waals surface area contributed by atoms with Gasteiger partial charge in [0.1, 0.15) is 0 Å². The predicted octanol–water partition coefficient (Wildman–Crippen LogP) is 0.614. The molecule has 0 aliphatic carbocycles. The van der Waals surface area contributed by atoms with Gasteiger partial charge in [0.15, 0.2) is 0 Å². The van der Waals surface area contributed by atoms with Crippen molar-refractivity contribution in [3.05, 3.63) is 35.4 Å². The lowest BCUT2D eigenvalue weighted by Gasteiger charge is -2.25. The summed E-state index contributed by atoms with van der Waals surface area (Å²) in [5.74, 6) is 2.30. The number of nitrogens with two attached hydrogens (primary N) is 1. The van der Waals surface area contributed by atoms with Crippen molar-refractivity contribution in [2.75, 3.05) is 37.7 Å². The van der Waals surface area contributed by atoms with E-state index in [2.05, 4.69) is 9.62 Å². The zero-order valence-electron chi connectivity index (χ0n) is 12.1. The smallest absolute Gasteiger partial charge is 0.215 e. The number of benzene rings is 1. The average molecular weight is 329 g/mol. The summed E-state index contributed by atoms with van der Waals surface area (Å²) < 4.78 is 26.8. The molecule has 21 heavy (non-hydrogen) atoms. The largest absolute Gasteiger partial charge is 0.326 e. The second-order valence-corrected chi connectivity index (χ2v) is 8.16. The number of sulfonamides is 1. The van der Waals surface area contributed by atoms with Crippen molar-refractivity contribution in [2.45, 2.75) is 12.3 Å². The van der Waals surface area contributed by atoms with Gasteiger partial charge in [0.2, 0.25) is 10.0 Å². The van der Waals surface area contributed by atoms with Gasteiger partial charge in [-0.25, -0.2) is 13.1 Å². The molecule has 7 heteroatoms. The highest BCUT2D eigenvalue weighted by Crippen LogP contribution is 2.09. The third-order valence-corrected chi connectivity index (χ3v) is 5.77. The molecular formula is C14H23N3O2S2.